The van der Waals surface area contributed by atoms with Crippen molar-refractivity contribution in [3.63, 3.8) is 0 Å². The van der Waals surface area contributed by atoms with Gasteiger partial charge in [0, 0.05) is 13.7 Å². The first-order chi connectivity index (χ1) is 12.7. The smallest absolute Gasteiger partial charge is 0.223 e. The van der Waals surface area contributed by atoms with Gasteiger partial charge in [-0.15, -0.1) is 0 Å². The highest BCUT2D eigenvalue weighted by Gasteiger charge is 2.25. The summed E-state index contributed by atoms with van der Waals surface area (Å²) in [6.45, 7) is 0.755. The summed E-state index contributed by atoms with van der Waals surface area (Å²) >= 11 is 0. The molecule has 1 aromatic heterocycles. The number of ether oxygens (including phenoxy) is 1. The van der Waals surface area contributed by atoms with Crippen LogP contribution in [0.4, 0.5) is 0 Å². The number of carbonyl (C=O) groups excluding carboxylic acids is 1. The van der Waals surface area contributed by atoms with Crippen LogP contribution in [-0.4, -0.2) is 28.2 Å². The summed E-state index contributed by atoms with van der Waals surface area (Å²) in [5.41, 5.74) is 3.00. The Bertz CT molecular complexity index is 898. The Morgan fingerprint density at radius 3 is 2.73 bits per heavy atom. The van der Waals surface area contributed by atoms with Crippen LogP contribution in [-0.2, 0) is 16.6 Å². The minimum atomic E-state index is -0.289. The van der Waals surface area contributed by atoms with Gasteiger partial charge in [0.1, 0.15) is 11.9 Å². The molecule has 2 atom stereocenters. The molecule has 1 aliphatic rings. The number of imidazole rings is 1. The van der Waals surface area contributed by atoms with Gasteiger partial charge in [-0.3, -0.25) is 4.79 Å². The van der Waals surface area contributed by atoms with Gasteiger partial charge in [0.25, 0.3) is 0 Å². The van der Waals surface area contributed by atoms with Gasteiger partial charge in [-0.2, -0.15) is 0 Å². The van der Waals surface area contributed by atoms with Crippen LogP contribution in [0.15, 0.2) is 54.6 Å². The van der Waals surface area contributed by atoms with Crippen molar-refractivity contribution in [2.24, 2.45) is 7.05 Å². The van der Waals surface area contributed by atoms with Gasteiger partial charge in [0.2, 0.25) is 5.91 Å². The predicted molar refractivity (Wildman–Crippen MR) is 101 cm³/mol. The van der Waals surface area contributed by atoms with E-state index in [0.717, 1.165) is 41.9 Å². The molecule has 2 unspecified atom stereocenters. The fourth-order valence-electron chi connectivity index (χ4n) is 3.60. The van der Waals surface area contributed by atoms with Gasteiger partial charge in [-0.05, 0) is 30.5 Å². The van der Waals surface area contributed by atoms with Crippen molar-refractivity contribution in [1.82, 2.24) is 14.9 Å². The second kappa shape index (κ2) is 7.30. The number of rotatable bonds is 5. The van der Waals surface area contributed by atoms with Gasteiger partial charge < -0.3 is 14.6 Å². The number of amides is 1. The lowest BCUT2D eigenvalue weighted by molar-refractivity contribution is -0.123. The third-order valence-electron chi connectivity index (χ3n) is 4.96. The second-order valence-electron chi connectivity index (χ2n) is 6.77. The van der Waals surface area contributed by atoms with Crippen molar-refractivity contribution in [1.29, 1.82) is 0 Å². The first-order valence-electron chi connectivity index (χ1n) is 9.09. The van der Waals surface area contributed by atoms with Gasteiger partial charge >= 0.3 is 0 Å². The Labute approximate surface area is 153 Å². The summed E-state index contributed by atoms with van der Waals surface area (Å²) in [6.07, 6.45) is 2.42. The molecule has 5 heteroatoms. The number of fused-ring (bicyclic) bond motifs is 1. The van der Waals surface area contributed by atoms with E-state index in [1.807, 2.05) is 61.6 Å². The van der Waals surface area contributed by atoms with E-state index in [-0.39, 0.29) is 18.1 Å². The first kappa shape index (κ1) is 16.8. The van der Waals surface area contributed by atoms with Crippen LogP contribution in [0.25, 0.3) is 11.0 Å². The lowest BCUT2D eigenvalue weighted by atomic mass is 10.1. The van der Waals surface area contributed by atoms with Crippen LogP contribution in [0.5, 0.6) is 0 Å². The summed E-state index contributed by atoms with van der Waals surface area (Å²) in [6, 6.07) is 17.7. The van der Waals surface area contributed by atoms with Gasteiger partial charge in [0.05, 0.1) is 23.6 Å². The molecule has 26 heavy (non-hydrogen) atoms. The summed E-state index contributed by atoms with van der Waals surface area (Å²) < 4.78 is 7.66. The van der Waals surface area contributed by atoms with E-state index in [2.05, 4.69) is 9.88 Å². The molecule has 1 aliphatic heterocycles. The number of benzene rings is 2. The number of aromatic nitrogens is 2. The minimum absolute atomic E-state index is 0.00203. The summed E-state index contributed by atoms with van der Waals surface area (Å²) in [5.74, 6) is 0.830. The quantitative estimate of drug-likeness (QED) is 0.768. The number of para-hydroxylation sites is 2. The standard InChI is InChI=1S/C21H23N3O2/c1-24-18-12-6-5-11-17(18)22-21(24)20(15-8-3-2-4-9-15)23-19(25)14-16-10-7-13-26-16/h2-6,8-9,11-12,16,20H,7,10,13-14H2,1H3,(H,23,25). The molecule has 2 heterocycles. The zero-order valence-electron chi connectivity index (χ0n) is 14.9. The molecular weight excluding hydrogens is 326 g/mol. The third kappa shape index (κ3) is 3.35. The molecule has 0 spiro atoms. The van der Waals surface area contributed by atoms with Crippen LogP contribution >= 0.6 is 0 Å². The first-order valence-corrected chi connectivity index (χ1v) is 9.09. The largest absolute Gasteiger partial charge is 0.378 e. The monoisotopic (exact) mass is 349 g/mol. The highest BCUT2D eigenvalue weighted by Crippen LogP contribution is 2.25. The number of nitrogens with zero attached hydrogens (tertiary/aromatic N) is 2. The normalized spacial score (nSPS) is 18.1. The molecule has 3 aromatic rings. The molecule has 0 bridgehead atoms. The topological polar surface area (TPSA) is 56.2 Å². The molecule has 0 radical (unpaired) electrons. The second-order valence-corrected chi connectivity index (χ2v) is 6.77. The molecule has 1 fully saturated rings. The molecule has 1 N–H and O–H groups in total. The molecule has 5 nitrogen and oxygen atoms in total. The van der Waals surface area contributed by atoms with E-state index in [0.29, 0.717) is 6.42 Å². The van der Waals surface area contributed by atoms with E-state index in [1.54, 1.807) is 0 Å². The van der Waals surface area contributed by atoms with E-state index in [9.17, 15) is 4.79 Å². The Balaban J connectivity index is 1.66. The summed E-state index contributed by atoms with van der Waals surface area (Å²) in [5, 5.41) is 3.18. The van der Waals surface area contributed by atoms with Gasteiger partial charge in [-0.25, -0.2) is 4.98 Å². The zero-order valence-corrected chi connectivity index (χ0v) is 14.9. The molecule has 134 valence electrons. The number of aryl methyl sites for hydroxylation is 1. The lowest BCUT2D eigenvalue weighted by Crippen LogP contribution is -2.33. The Hall–Kier alpha value is -2.66. The maximum Gasteiger partial charge on any atom is 0.223 e. The third-order valence-corrected chi connectivity index (χ3v) is 4.96. The van der Waals surface area contributed by atoms with E-state index < -0.39 is 0 Å². The van der Waals surface area contributed by atoms with Crippen LogP contribution in [0, 0.1) is 0 Å². The molecule has 0 saturated carbocycles. The zero-order chi connectivity index (χ0) is 17.9. The van der Waals surface area contributed by atoms with Crippen molar-refractivity contribution in [3.8, 4) is 0 Å². The summed E-state index contributed by atoms with van der Waals surface area (Å²) in [4.78, 5) is 17.4. The van der Waals surface area contributed by atoms with E-state index in [1.165, 1.54) is 0 Å². The SMILES string of the molecule is Cn1c(C(NC(=O)CC2CCCO2)c2ccccc2)nc2ccccc21. The van der Waals surface area contributed by atoms with Gasteiger partial charge in [-0.1, -0.05) is 42.5 Å². The van der Waals surface area contributed by atoms with Crippen LogP contribution in [0.2, 0.25) is 0 Å². The van der Waals surface area contributed by atoms with Crippen molar-refractivity contribution >= 4 is 16.9 Å². The number of nitrogens with one attached hydrogen (secondary N) is 1. The van der Waals surface area contributed by atoms with Crippen molar-refractivity contribution in [3.05, 3.63) is 66.0 Å². The number of hydrogen-bond acceptors (Lipinski definition) is 3. The average Bonchev–Trinajstić information content (AvgIpc) is 3.29. The van der Waals surface area contributed by atoms with Crippen LogP contribution in [0.3, 0.4) is 0 Å². The minimum Gasteiger partial charge on any atom is -0.378 e. The molecule has 1 saturated heterocycles. The van der Waals surface area contributed by atoms with Crippen LogP contribution < -0.4 is 5.32 Å². The van der Waals surface area contributed by atoms with Crippen molar-refractivity contribution in [2.75, 3.05) is 6.61 Å². The molecule has 0 aliphatic carbocycles. The molecule has 4 rings (SSSR count). The van der Waals surface area contributed by atoms with E-state index in [4.69, 9.17) is 9.72 Å². The fraction of sp³-hybridized carbons (Fsp3) is 0.333. The summed E-state index contributed by atoms with van der Waals surface area (Å²) in [7, 11) is 1.99. The molecule has 1 amide bonds. The lowest BCUT2D eigenvalue weighted by Gasteiger charge is -2.20. The predicted octanol–water partition coefficient (Wildman–Crippen LogP) is 3.35. The molecular formula is C21H23N3O2. The Kier molecular flexibility index (Phi) is 4.71. The number of hydrogen-bond donors (Lipinski definition) is 1. The maximum absolute atomic E-state index is 12.7. The highest BCUT2D eigenvalue weighted by molar-refractivity contribution is 5.79. The molecule has 2 aromatic carbocycles. The fourth-order valence-corrected chi connectivity index (χ4v) is 3.60. The number of carbonyl (C=O) groups is 1. The Morgan fingerprint density at radius 2 is 2.00 bits per heavy atom. The van der Waals surface area contributed by atoms with E-state index >= 15 is 0 Å². The average molecular weight is 349 g/mol. The van der Waals surface area contributed by atoms with Crippen molar-refractivity contribution in [2.45, 2.75) is 31.4 Å². The van der Waals surface area contributed by atoms with Gasteiger partial charge in [0.15, 0.2) is 0 Å². The Morgan fingerprint density at radius 1 is 1.23 bits per heavy atom. The highest BCUT2D eigenvalue weighted by atomic mass is 16.5. The maximum atomic E-state index is 12.7. The van der Waals surface area contributed by atoms with Crippen molar-refractivity contribution < 1.29 is 9.53 Å². The van der Waals surface area contributed by atoms with Crippen LogP contribution in [0.1, 0.15) is 36.7 Å².